The zero-order chi connectivity index (χ0) is 15.7. The molecule has 0 atom stereocenters. The number of carbonyl (C=O) groups is 1. The van der Waals surface area contributed by atoms with E-state index in [9.17, 15) is 4.79 Å². The smallest absolute Gasteiger partial charge is 0.255 e. The summed E-state index contributed by atoms with van der Waals surface area (Å²) in [5.41, 5.74) is 9.91. The van der Waals surface area contributed by atoms with Crippen molar-refractivity contribution in [1.82, 2.24) is 9.47 Å². The van der Waals surface area contributed by atoms with E-state index in [2.05, 4.69) is 16.7 Å². The van der Waals surface area contributed by atoms with Gasteiger partial charge in [0, 0.05) is 36.2 Å². The van der Waals surface area contributed by atoms with Crippen molar-refractivity contribution in [2.24, 2.45) is 5.73 Å². The van der Waals surface area contributed by atoms with Crippen molar-refractivity contribution in [2.75, 3.05) is 13.1 Å². The monoisotopic (exact) mass is 333 g/mol. The van der Waals surface area contributed by atoms with Gasteiger partial charge < -0.3 is 15.2 Å². The zero-order valence-corrected chi connectivity index (χ0v) is 14.5. The fourth-order valence-corrected chi connectivity index (χ4v) is 3.23. The van der Waals surface area contributed by atoms with Crippen LogP contribution >= 0.6 is 12.4 Å². The standard InChI is InChI=1S/C18H23N3O.ClH/c1-13-12-17(18(22)20-10-8-15(19)9-11-20)14(2)21(13)16-6-4-3-5-7-16;/h3-7,12,15H,8-11,19H2,1-2H3;1H. The van der Waals surface area contributed by atoms with Crippen LogP contribution in [-0.2, 0) is 0 Å². The van der Waals surface area contributed by atoms with E-state index in [4.69, 9.17) is 5.73 Å². The van der Waals surface area contributed by atoms with Crippen LogP contribution in [0.4, 0.5) is 0 Å². The number of likely N-dealkylation sites (tertiary alicyclic amines) is 1. The van der Waals surface area contributed by atoms with Crippen LogP contribution < -0.4 is 5.73 Å². The SMILES string of the molecule is Cc1cc(C(=O)N2CCC(N)CC2)c(C)n1-c1ccccc1.Cl. The molecule has 1 amide bonds. The lowest BCUT2D eigenvalue weighted by atomic mass is 10.1. The predicted octanol–water partition coefficient (Wildman–Crippen LogP) is 3.08. The maximum Gasteiger partial charge on any atom is 0.255 e. The number of carbonyl (C=O) groups excluding carboxylic acids is 1. The molecule has 1 aromatic carbocycles. The summed E-state index contributed by atoms with van der Waals surface area (Å²) in [7, 11) is 0. The largest absolute Gasteiger partial charge is 0.338 e. The molecule has 0 spiro atoms. The third-order valence-corrected chi connectivity index (χ3v) is 4.50. The van der Waals surface area contributed by atoms with Crippen LogP contribution in [0.5, 0.6) is 0 Å². The van der Waals surface area contributed by atoms with Crippen molar-refractivity contribution >= 4 is 18.3 Å². The molecule has 0 unspecified atom stereocenters. The Bertz CT molecular complexity index is 673. The third kappa shape index (κ3) is 3.43. The first-order valence-corrected chi connectivity index (χ1v) is 7.87. The Morgan fingerprint density at radius 1 is 1.13 bits per heavy atom. The minimum atomic E-state index is 0. The average Bonchev–Trinajstić information content (AvgIpc) is 2.83. The minimum absolute atomic E-state index is 0. The van der Waals surface area contributed by atoms with Gasteiger partial charge in [-0.15, -0.1) is 12.4 Å². The number of benzene rings is 1. The molecule has 1 aliphatic heterocycles. The van der Waals surface area contributed by atoms with E-state index in [1.165, 1.54) is 0 Å². The van der Waals surface area contributed by atoms with Crippen molar-refractivity contribution in [2.45, 2.75) is 32.7 Å². The average molecular weight is 334 g/mol. The first kappa shape index (κ1) is 17.6. The van der Waals surface area contributed by atoms with Gasteiger partial charge in [0.05, 0.1) is 5.56 Å². The van der Waals surface area contributed by atoms with E-state index in [-0.39, 0.29) is 24.4 Å². The van der Waals surface area contributed by atoms with Crippen molar-refractivity contribution in [1.29, 1.82) is 0 Å². The molecular formula is C18H24ClN3O. The van der Waals surface area contributed by atoms with Crippen LogP contribution in [0.25, 0.3) is 5.69 Å². The molecule has 23 heavy (non-hydrogen) atoms. The number of piperidine rings is 1. The lowest BCUT2D eigenvalue weighted by Gasteiger charge is -2.30. The van der Waals surface area contributed by atoms with E-state index in [0.717, 1.165) is 48.6 Å². The molecule has 4 nitrogen and oxygen atoms in total. The maximum absolute atomic E-state index is 12.8. The number of aromatic nitrogens is 1. The normalized spacial score (nSPS) is 15.3. The van der Waals surface area contributed by atoms with Crippen LogP contribution in [0.1, 0.15) is 34.6 Å². The van der Waals surface area contributed by atoms with E-state index >= 15 is 0 Å². The van der Waals surface area contributed by atoms with Gasteiger partial charge in [-0.2, -0.15) is 0 Å². The molecule has 1 saturated heterocycles. The fraction of sp³-hybridized carbons (Fsp3) is 0.389. The molecule has 0 saturated carbocycles. The Labute approximate surface area is 143 Å². The number of nitrogens with zero attached hydrogens (tertiary/aromatic N) is 2. The molecule has 1 fully saturated rings. The third-order valence-electron chi connectivity index (χ3n) is 4.50. The molecule has 124 valence electrons. The van der Waals surface area contributed by atoms with Crippen LogP contribution in [-0.4, -0.2) is 34.5 Å². The highest BCUT2D eigenvalue weighted by Crippen LogP contribution is 2.23. The Morgan fingerprint density at radius 2 is 1.74 bits per heavy atom. The first-order chi connectivity index (χ1) is 10.6. The van der Waals surface area contributed by atoms with Crippen LogP contribution in [0.15, 0.2) is 36.4 Å². The number of aryl methyl sites for hydroxylation is 1. The van der Waals surface area contributed by atoms with Crippen molar-refractivity contribution < 1.29 is 4.79 Å². The van der Waals surface area contributed by atoms with E-state index in [1.54, 1.807) is 0 Å². The number of nitrogens with two attached hydrogens (primary N) is 1. The minimum Gasteiger partial charge on any atom is -0.338 e. The molecule has 2 heterocycles. The van der Waals surface area contributed by atoms with Crippen molar-refractivity contribution in [3.8, 4) is 5.69 Å². The predicted molar refractivity (Wildman–Crippen MR) is 95.6 cm³/mol. The molecular weight excluding hydrogens is 310 g/mol. The van der Waals surface area contributed by atoms with E-state index in [1.807, 2.05) is 43.0 Å². The van der Waals surface area contributed by atoms with Crippen molar-refractivity contribution in [3.63, 3.8) is 0 Å². The zero-order valence-electron chi connectivity index (χ0n) is 13.7. The lowest BCUT2D eigenvalue weighted by Crippen LogP contribution is -2.42. The van der Waals surface area contributed by atoms with Gasteiger partial charge in [-0.1, -0.05) is 18.2 Å². The molecule has 5 heteroatoms. The maximum atomic E-state index is 12.8. The molecule has 3 rings (SSSR count). The molecule has 0 bridgehead atoms. The van der Waals surface area contributed by atoms with E-state index in [0.29, 0.717) is 0 Å². The molecule has 0 radical (unpaired) electrons. The Kier molecular flexibility index (Phi) is 5.50. The van der Waals surface area contributed by atoms with Gasteiger partial charge in [0.15, 0.2) is 0 Å². The van der Waals surface area contributed by atoms with Gasteiger partial charge in [-0.05, 0) is 44.9 Å². The fourth-order valence-electron chi connectivity index (χ4n) is 3.23. The van der Waals surface area contributed by atoms with E-state index < -0.39 is 0 Å². The summed E-state index contributed by atoms with van der Waals surface area (Å²) < 4.78 is 2.14. The van der Waals surface area contributed by atoms with Crippen LogP contribution in [0.2, 0.25) is 0 Å². The van der Waals surface area contributed by atoms with Gasteiger partial charge in [0.25, 0.3) is 5.91 Å². The Morgan fingerprint density at radius 3 is 2.35 bits per heavy atom. The number of halogens is 1. The second kappa shape index (κ2) is 7.20. The highest BCUT2D eigenvalue weighted by Gasteiger charge is 2.25. The van der Waals surface area contributed by atoms with Gasteiger partial charge in [0.1, 0.15) is 0 Å². The first-order valence-electron chi connectivity index (χ1n) is 7.87. The summed E-state index contributed by atoms with van der Waals surface area (Å²) in [5, 5.41) is 0. The van der Waals surface area contributed by atoms with Crippen LogP contribution in [0.3, 0.4) is 0 Å². The van der Waals surface area contributed by atoms with Gasteiger partial charge in [0.2, 0.25) is 0 Å². The topological polar surface area (TPSA) is 51.3 Å². The Balaban J connectivity index is 0.00000192. The highest BCUT2D eigenvalue weighted by atomic mass is 35.5. The lowest BCUT2D eigenvalue weighted by molar-refractivity contribution is 0.0714. The molecule has 0 aliphatic carbocycles. The molecule has 2 aromatic rings. The van der Waals surface area contributed by atoms with Crippen molar-refractivity contribution in [3.05, 3.63) is 53.3 Å². The summed E-state index contributed by atoms with van der Waals surface area (Å²) >= 11 is 0. The number of para-hydroxylation sites is 1. The number of amides is 1. The molecule has 1 aliphatic rings. The highest BCUT2D eigenvalue weighted by molar-refractivity contribution is 5.96. The van der Waals surface area contributed by atoms with Gasteiger partial charge >= 0.3 is 0 Å². The quantitative estimate of drug-likeness (QED) is 0.918. The Hall–Kier alpha value is -1.78. The second-order valence-corrected chi connectivity index (χ2v) is 6.09. The summed E-state index contributed by atoms with van der Waals surface area (Å²) in [4.78, 5) is 14.7. The number of hydrogen-bond acceptors (Lipinski definition) is 2. The van der Waals surface area contributed by atoms with Gasteiger partial charge in [-0.25, -0.2) is 0 Å². The summed E-state index contributed by atoms with van der Waals surface area (Å²) in [6.07, 6.45) is 1.78. The van der Waals surface area contributed by atoms with Gasteiger partial charge in [-0.3, -0.25) is 4.79 Å². The number of hydrogen-bond donors (Lipinski definition) is 1. The molecule has 1 aromatic heterocycles. The van der Waals surface area contributed by atoms with Crippen LogP contribution in [0, 0.1) is 13.8 Å². The second-order valence-electron chi connectivity index (χ2n) is 6.09. The summed E-state index contributed by atoms with van der Waals surface area (Å²) in [6, 6.07) is 12.4. The molecule has 2 N–H and O–H groups in total. The summed E-state index contributed by atoms with van der Waals surface area (Å²) in [5.74, 6) is 0.127. The number of rotatable bonds is 2. The summed E-state index contributed by atoms with van der Waals surface area (Å²) in [6.45, 7) is 5.58.